The fraction of sp³-hybridized carbons (Fsp3) is 0.389. The van der Waals surface area contributed by atoms with Gasteiger partial charge in [0, 0.05) is 18.2 Å². The largest absolute Gasteiger partial charge is 0.331 e. The maximum atomic E-state index is 13.0. The number of thiophene rings is 1. The zero-order chi connectivity index (χ0) is 15.0. The zero-order valence-electron chi connectivity index (χ0n) is 12.8. The lowest BCUT2D eigenvalue weighted by molar-refractivity contribution is 0.0728. The second kappa shape index (κ2) is 5.64. The van der Waals surface area contributed by atoms with E-state index in [0.717, 1.165) is 36.1 Å². The fourth-order valence-electron chi connectivity index (χ4n) is 2.99. The van der Waals surface area contributed by atoms with Crippen molar-refractivity contribution in [2.24, 2.45) is 0 Å². The predicted molar refractivity (Wildman–Crippen MR) is 87.9 cm³/mol. The highest BCUT2D eigenvalue weighted by molar-refractivity contribution is 7.07. The Bertz CT molecular complexity index is 633. The maximum absolute atomic E-state index is 13.0. The molecule has 0 atom stereocenters. The molecule has 1 heterocycles. The van der Waals surface area contributed by atoms with Gasteiger partial charge in [0.1, 0.15) is 0 Å². The van der Waals surface area contributed by atoms with Gasteiger partial charge in [0.05, 0.1) is 0 Å². The zero-order valence-corrected chi connectivity index (χ0v) is 13.7. The Morgan fingerprint density at radius 1 is 1.24 bits per heavy atom. The SMILES string of the molecule is Cc1cc(C)c(C(=O)N(Cc2ccsc2)C2CC2)c(C)c1. The van der Waals surface area contributed by atoms with Crippen molar-refractivity contribution in [2.75, 3.05) is 0 Å². The van der Waals surface area contributed by atoms with Gasteiger partial charge in [0.2, 0.25) is 0 Å². The van der Waals surface area contributed by atoms with E-state index < -0.39 is 0 Å². The molecule has 0 spiro atoms. The summed E-state index contributed by atoms with van der Waals surface area (Å²) in [7, 11) is 0. The molecule has 1 aliphatic rings. The fourth-order valence-corrected chi connectivity index (χ4v) is 3.65. The number of benzene rings is 1. The summed E-state index contributed by atoms with van der Waals surface area (Å²) in [5.41, 5.74) is 5.53. The standard InChI is InChI=1S/C18H21NOS/c1-12-8-13(2)17(14(3)9-12)18(20)19(16-4-5-16)10-15-6-7-21-11-15/h6-9,11,16H,4-5,10H2,1-3H3. The Labute approximate surface area is 130 Å². The van der Waals surface area contributed by atoms with Gasteiger partial charge in [-0.2, -0.15) is 11.3 Å². The van der Waals surface area contributed by atoms with Gasteiger partial charge in [0.15, 0.2) is 0 Å². The molecule has 0 saturated heterocycles. The summed E-state index contributed by atoms with van der Waals surface area (Å²) in [6, 6.07) is 6.76. The van der Waals surface area contributed by atoms with Gasteiger partial charge in [-0.05, 0) is 67.1 Å². The Kier molecular flexibility index (Phi) is 3.85. The lowest BCUT2D eigenvalue weighted by Crippen LogP contribution is -2.33. The molecule has 1 aliphatic carbocycles. The first-order chi connectivity index (χ1) is 10.1. The van der Waals surface area contributed by atoms with E-state index in [0.29, 0.717) is 6.04 Å². The molecule has 110 valence electrons. The van der Waals surface area contributed by atoms with Crippen LogP contribution in [0.25, 0.3) is 0 Å². The molecule has 2 nitrogen and oxygen atoms in total. The molecule has 2 aromatic rings. The molecule has 0 bridgehead atoms. The van der Waals surface area contributed by atoms with E-state index >= 15 is 0 Å². The Balaban J connectivity index is 1.91. The highest BCUT2D eigenvalue weighted by Crippen LogP contribution is 2.31. The van der Waals surface area contributed by atoms with Crippen LogP contribution in [-0.4, -0.2) is 16.8 Å². The quantitative estimate of drug-likeness (QED) is 0.815. The normalized spacial score (nSPS) is 14.2. The van der Waals surface area contributed by atoms with E-state index in [2.05, 4.69) is 40.8 Å². The minimum Gasteiger partial charge on any atom is -0.331 e. The van der Waals surface area contributed by atoms with Crippen LogP contribution in [0.15, 0.2) is 29.0 Å². The van der Waals surface area contributed by atoms with E-state index in [9.17, 15) is 4.79 Å². The van der Waals surface area contributed by atoms with Crippen LogP contribution < -0.4 is 0 Å². The third-order valence-electron chi connectivity index (χ3n) is 4.07. The molecule has 1 aromatic carbocycles. The lowest BCUT2D eigenvalue weighted by atomic mass is 9.98. The summed E-state index contributed by atoms with van der Waals surface area (Å²) in [4.78, 5) is 15.1. The van der Waals surface area contributed by atoms with Crippen LogP contribution in [0.4, 0.5) is 0 Å². The molecule has 1 saturated carbocycles. The number of hydrogen-bond donors (Lipinski definition) is 0. The van der Waals surface area contributed by atoms with Crippen molar-refractivity contribution in [2.45, 2.75) is 46.2 Å². The molecular weight excluding hydrogens is 278 g/mol. The Hall–Kier alpha value is -1.61. The smallest absolute Gasteiger partial charge is 0.254 e. The van der Waals surface area contributed by atoms with E-state index in [4.69, 9.17) is 0 Å². The first kappa shape index (κ1) is 14.3. The van der Waals surface area contributed by atoms with Gasteiger partial charge >= 0.3 is 0 Å². The molecule has 1 fully saturated rings. The van der Waals surface area contributed by atoms with Gasteiger partial charge in [-0.15, -0.1) is 0 Å². The molecule has 1 amide bonds. The molecule has 1 aromatic heterocycles. The summed E-state index contributed by atoms with van der Waals surface area (Å²) in [6.45, 7) is 6.91. The number of aryl methyl sites for hydroxylation is 3. The van der Waals surface area contributed by atoms with Crippen LogP contribution in [0.2, 0.25) is 0 Å². The second-order valence-electron chi connectivity index (χ2n) is 6.07. The number of hydrogen-bond acceptors (Lipinski definition) is 2. The van der Waals surface area contributed by atoms with Crippen LogP contribution in [-0.2, 0) is 6.54 Å². The minimum absolute atomic E-state index is 0.193. The van der Waals surface area contributed by atoms with Crippen LogP contribution in [0.1, 0.15) is 45.5 Å². The van der Waals surface area contributed by atoms with E-state index in [-0.39, 0.29) is 5.91 Å². The lowest BCUT2D eigenvalue weighted by Gasteiger charge is -2.24. The van der Waals surface area contributed by atoms with Crippen molar-refractivity contribution in [1.29, 1.82) is 0 Å². The van der Waals surface area contributed by atoms with Crippen molar-refractivity contribution >= 4 is 17.2 Å². The summed E-state index contributed by atoms with van der Waals surface area (Å²) in [5.74, 6) is 0.193. The number of nitrogens with zero attached hydrogens (tertiary/aromatic N) is 1. The van der Waals surface area contributed by atoms with Crippen LogP contribution in [0.5, 0.6) is 0 Å². The van der Waals surface area contributed by atoms with Crippen molar-refractivity contribution in [3.63, 3.8) is 0 Å². The van der Waals surface area contributed by atoms with E-state index in [1.807, 2.05) is 13.8 Å². The summed E-state index contributed by atoms with van der Waals surface area (Å²) >= 11 is 1.69. The van der Waals surface area contributed by atoms with Crippen molar-refractivity contribution in [1.82, 2.24) is 4.90 Å². The Morgan fingerprint density at radius 3 is 2.43 bits per heavy atom. The van der Waals surface area contributed by atoms with Gasteiger partial charge in [-0.3, -0.25) is 4.79 Å². The molecule has 3 heteroatoms. The van der Waals surface area contributed by atoms with Crippen LogP contribution in [0.3, 0.4) is 0 Å². The molecule has 21 heavy (non-hydrogen) atoms. The molecule has 3 rings (SSSR count). The highest BCUT2D eigenvalue weighted by atomic mass is 32.1. The molecule has 0 N–H and O–H groups in total. The molecular formula is C18H21NOS. The van der Waals surface area contributed by atoms with Crippen molar-refractivity contribution < 1.29 is 4.79 Å². The number of carbonyl (C=O) groups excluding carboxylic acids is 1. The summed E-state index contributed by atoms with van der Waals surface area (Å²) in [5, 5.41) is 4.21. The number of carbonyl (C=O) groups is 1. The first-order valence-electron chi connectivity index (χ1n) is 7.46. The third-order valence-corrected chi connectivity index (χ3v) is 4.80. The summed E-state index contributed by atoms with van der Waals surface area (Å²) in [6.07, 6.45) is 2.28. The first-order valence-corrected chi connectivity index (χ1v) is 8.40. The number of rotatable bonds is 4. The van der Waals surface area contributed by atoms with Gasteiger partial charge in [0.25, 0.3) is 5.91 Å². The summed E-state index contributed by atoms with van der Waals surface area (Å²) < 4.78 is 0. The molecule has 0 aliphatic heterocycles. The topological polar surface area (TPSA) is 20.3 Å². The maximum Gasteiger partial charge on any atom is 0.254 e. The van der Waals surface area contributed by atoms with E-state index in [1.54, 1.807) is 11.3 Å². The average Bonchev–Trinajstić information content (AvgIpc) is 3.11. The average molecular weight is 299 g/mol. The minimum atomic E-state index is 0.193. The highest BCUT2D eigenvalue weighted by Gasteiger charge is 2.34. The molecule has 0 radical (unpaired) electrons. The van der Waals surface area contributed by atoms with Crippen molar-refractivity contribution in [3.05, 3.63) is 56.8 Å². The van der Waals surface area contributed by atoms with Crippen LogP contribution >= 0.6 is 11.3 Å². The number of amides is 1. The van der Waals surface area contributed by atoms with Gasteiger partial charge in [-0.25, -0.2) is 0 Å². The Morgan fingerprint density at radius 2 is 1.90 bits per heavy atom. The van der Waals surface area contributed by atoms with Crippen LogP contribution in [0, 0.1) is 20.8 Å². The monoisotopic (exact) mass is 299 g/mol. The second-order valence-corrected chi connectivity index (χ2v) is 6.85. The molecule has 0 unspecified atom stereocenters. The van der Waals surface area contributed by atoms with Gasteiger partial charge < -0.3 is 4.90 Å². The van der Waals surface area contributed by atoms with Gasteiger partial charge in [-0.1, -0.05) is 17.7 Å². The predicted octanol–water partition coefficient (Wildman–Crippen LogP) is 4.48. The third kappa shape index (κ3) is 3.03. The van der Waals surface area contributed by atoms with Crippen molar-refractivity contribution in [3.8, 4) is 0 Å². The van der Waals surface area contributed by atoms with E-state index in [1.165, 1.54) is 11.1 Å².